The number of fused-ring (bicyclic) bond motifs is 3. The number of nitrogens with one attached hydrogen (secondary N) is 2. The molecule has 1 amide bonds. The van der Waals surface area contributed by atoms with Crippen molar-refractivity contribution < 1.29 is 4.79 Å². The minimum absolute atomic E-state index is 0.0576. The number of aryl methyl sites for hydroxylation is 1. The summed E-state index contributed by atoms with van der Waals surface area (Å²) in [6.45, 7) is 3.16. The highest BCUT2D eigenvalue weighted by Gasteiger charge is 2.40. The van der Waals surface area contributed by atoms with Crippen LogP contribution in [0, 0.1) is 12.8 Å². The summed E-state index contributed by atoms with van der Waals surface area (Å²) in [6.07, 6.45) is 4.06. The number of nitrogens with zero attached hydrogens (tertiary/aromatic N) is 1. The predicted octanol–water partition coefficient (Wildman–Crippen LogP) is 2.02. The highest BCUT2D eigenvalue weighted by Crippen LogP contribution is 2.31. The second-order valence-electron chi connectivity index (χ2n) is 6.35. The molecule has 1 aliphatic carbocycles. The first-order chi connectivity index (χ1) is 10.2. The van der Waals surface area contributed by atoms with E-state index >= 15 is 0 Å². The summed E-state index contributed by atoms with van der Waals surface area (Å²) in [5.74, 6) is 0.672. The van der Waals surface area contributed by atoms with Crippen molar-refractivity contribution in [3.63, 3.8) is 0 Å². The van der Waals surface area contributed by atoms with E-state index in [9.17, 15) is 4.79 Å². The number of pyridine rings is 1. The number of carbonyl (C=O) groups excluding carboxylic acids is 1. The van der Waals surface area contributed by atoms with Crippen LogP contribution in [0.15, 0.2) is 30.5 Å². The summed E-state index contributed by atoms with van der Waals surface area (Å²) < 4.78 is 0. The molecular formula is C17H19N3O. The van der Waals surface area contributed by atoms with Crippen LogP contribution in [-0.4, -0.2) is 29.5 Å². The van der Waals surface area contributed by atoms with Crippen LogP contribution >= 0.6 is 0 Å². The Balaban J connectivity index is 1.56. The molecule has 2 heterocycles. The molecule has 4 heteroatoms. The molecule has 4 nitrogen and oxygen atoms in total. The van der Waals surface area contributed by atoms with Crippen LogP contribution in [0.5, 0.6) is 0 Å². The highest BCUT2D eigenvalue weighted by atomic mass is 16.1. The molecule has 1 aromatic heterocycles. The molecule has 0 radical (unpaired) electrons. The van der Waals surface area contributed by atoms with E-state index in [2.05, 4.69) is 34.7 Å². The number of rotatable bonds is 2. The third-order valence-corrected chi connectivity index (χ3v) is 4.76. The zero-order chi connectivity index (χ0) is 14.4. The van der Waals surface area contributed by atoms with Gasteiger partial charge in [0, 0.05) is 23.7 Å². The van der Waals surface area contributed by atoms with E-state index in [1.165, 1.54) is 12.0 Å². The summed E-state index contributed by atoms with van der Waals surface area (Å²) >= 11 is 0. The van der Waals surface area contributed by atoms with Gasteiger partial charge in [-0.25, -0.2) is 0 Å². The van der Waals surface area contributed by atoms with Gasteiger partial charge >= 0.3 is 0 Å². The minimum Gasteiger partial charge on any atom is -0.346 e. The van der Waals surface area contributed by atoms with E-state index in [1.54, 1.807) is 6.20 Å². The molecule has 108 valence electrons. The molecule has 0 spiro atoms. The first-order valence-electron chi connectivity index (χ1n) is 7.60. The summed E-state index contributed by atoms with van der Waals surface area (Å²) in [6, 6.07) is 8.78. The summed E-state index contributed by atoms with van der Waals surface area (Å²) in [4.78, 5) is 16.7. The minimum atomic E-state index is -0.0576. The van der Waals surface area contributed by atoms with Gasteiger partial charge in [0.15, 0.2) is 0 Å². The monoisotopic (exact) mass is 281 g/mol. The van der Waals surface area contributed by atoms with E-state index in [1.807, 2.05) is 12.1 Å². The molecule has 1 aliphatic heterocycles. The lowest BCUT2D eigenvalue weighted by molar-refractivity contribution is 0.0923. The SMILES string of the molecule is Cc1ccc2cnc(C(=O)NC3CC4CNC3C4)cc2c1. The van der Waals surface area contributed by atoms with Crippen LogP contribution < -0.4 is 10.6 Å². The van der Waals surface area contributed by atoms with Gasteiger partial charge in [0.25, 0.3) is 5.91 Å². The number of hydrogen-bond donors (Lipinski definition) is 2. The van der Waals surface area contributed by atoms with Crippen LogP contribution in [0.4, 0.5) is 0 Å². The van der Waals surface area contributed by atoms with E-state index in [0.29, 0.717) is 11.7 Å². The molecule has 4 rings (SSSR count). The van der Waals surface area contributed by atoms with Crippen LogP contribution in [0.25, 0.3) is 10.8 Å². The fraction of sp³-hybridized carbons (Fsp3) is 0.412. The maximum atomic E-state index is 12.4. The quantitative estimate of drug-likeness (QED) is 0.885. The summed E-state index contributed by atoms with van der Waals surface area (Å²) in [5, 5.41) is 8.75. The Bertz CT molecular complexity index is 712. The third-order valence-electron chi connectivity index (χ3n) is 4.76. The van der Waals surface area contributed by atoms with Crippen molar-refractivity contribution in [3.05, 3.63) is 41.7 Å². The molecule has 3 unspecified atom stereocenters. The number of hydrogen-bond acceptors (Lipinski definition) is 3. The van der Waals surface area contributed by atoms with Crippen molar-refractivity contribution in [2.24, 2.45) is 5.92 Å². The summed E-state index contributed by atoms with van der Waals surface area (Å²) in [7, 11) is 0. The molecule has 2 fully saturated rings. The number of piperidine rings is 1. The van der Waals surface area contributed by atoms with E-state index in [-0.39, 0.29) is 11.9 Å². The van der Waals surface area contributed by atoms with Crippen LogP contribution in [0.1, 0.15) is 28.9 Å². The highest BCUT2D eigenvalue weighted by molar-refractivity contribution is 5.96. The Morgan fingerprint density at radius 1 is 1.29 bits per heavy atom. The van der Waals surface area contributed by atoms with E-state index in [4.69, 9.17) is 0 Å². The van der Waals surface area contributed by atoms with Crippen molar-refractivity contribution in [1.82, 2.24) is 15.6 Å². The van der Waals surface area contributed by atoms with Gasteiger partial charge in [-0.1, -0.05) is 23.8 Å². The normalized spacial score (nSPS) is 27.2. The number of aromatic nitrogens is 1. The molecule has 21 heavy (non-hydrogen) atoms. The predicted molar refractivity (Wildman–Crippen MR) is 82.2 cm³/mol. The van der Waals surface area contributed by atoms with Gasteiger partial charge < -0.3 is 10.6 Å². The number of amides is 1. The van der Waals surface area contributed by atoms with E-state index in [0.717, 1.165) is 29.7 Å². The van der Waals surface area contributed by atoms with Gasteiger partial charge in [0.1, 0.15) is 5.69 Å². The summed E-state index contributed by atoms with van der Waals surface area (Å²) in [5.41, 5.74) is 1.70. The van der Waals surface area contributed by atoms with Crippen molar-refractivity contribution in [3.8, 4) is 0 Å². The lowest BCUT2D eigenvalue weighted by Gasteiger charge is -2.23. The smallest absolute Gasteiger partial charge is 0.270 e. The zero-order valence-corrected chi connectivity index (χ0v) is 12.1. The molecule has 3 atom stereocenters. The first kappa shape index (κ1) is 12.8. The molecule has 2 N–H and O–H groups in total. The van der Waals surface area contributed by atoms with Gasteiger partial charge in [-0.05, 0) is 43.7 Å². The van der Waals surface area contributed by atoms with Crippen molar-refractivity contribution in [2.45, 2.75) is 31.8 Å². The van der Waals surface area contributed by atoms with Crippen molar-refractivity contribution in [1.29, 1.82) is 0 Å². The lowest BCUT2D eigenvalue weighted by atomic mass is 10.1. The van der Waals surface area contributed by atoms with Crippen LogP contribution in [0.3, 0.4) is 0 Å². The third kappa shape index (κ3) is 2.29. The standard InChI is InChI=1S/C17H19N3O/c1-10-2-3-12-9-19-16(7-13(12)4-10)17(21)20-15-6-11-5-14(15)18-8-11/h2-4,7,9,11,14-15,18H,5-6,8H2,1H3,(H,20,21). The second kappa shape index (κ2) is 4.81. The Labute approximate surface area is 124 Å². The average molecular weight is 281 g/mol. The van der Waals surface area contributed by atoms with Crippen LogP contribution in [0.2, 0.25) is 0 Å². The maximum Gasteiger partial charge on any atom is 0.270 e. The Morgan fingerprint density at radius 3 is 2.95 bits per heavy atom. The Morgan fingerprint density at radius 2 is 2.19 bits per heavy atom. The second-order valence-corrected chi connectivity index (χ2v) is 6.35. The molecular weight excluding hydrogens is 262 g/mol. The molecule has 1 aromatic carbocycles. The van der Waals surface area contributed by atoms with E-state index < -0.39 is 0 Å². The fourth-order valence-electron chi connectivity index (χ4n) is 3.64. The number of carbonyl (C=O) groups is 1. The van der Waals surface area contributed by atoms with Gasteiger partial charge in [0.05, 0.1) is 0 Å². The molecule has 1 saturated carbocycles. The van der Waals surface area contributed by atoms with Gasteiger partial charge in [-0.15, -0.1) is 0 Å². The first-order valence-corrected chi connectivity index (χ1v) is 7.60. The topological polar surface area (TPSA) is 54.0 Å². The van der Waals surface area contributed by atoms with Gasteiger partial charge in [0.2, 0.25) is 0 Å². The Hall–Kier alpha value is -1.94. The molecule has 1 saturated heterocycles. The largest absolute Gasteiger partial charge is 0.346 e. The van der Waals surface area contributed by atoms with Gasteiger partial charge in [-0.2, -0.15) is 0 Å². The maximum absolute atomic E-state index is 12.4. The molecule has 2 bridgehead atoms. The van der Waals surface area contributed by atoms with Crippen molar-refractivity contribution in [2.75, 3.05) is 6.54 Å². The zero-order valence-electron chi connectivity index (χ0n) is 12.1. The molecule has 2 aromatic rings. The Kier molecular flexibility index (Phi) is 2.93. The molecule has 2 aliphatic rings. The average Bonchev–Trinajstić information content (AvgIpc) is 3.09. The lowest BCUT2D eigenvalue weighted by Crippen LogP contribution is -2.48. The van der Waals surface area contributed by atoms with Gasteiger partial charge in [-0.3, -0.25) is 9.78 Å². The van der Waals surface area contributed by atoms with Crippen molar-refractivity contribution >= 4 is 16.7 Å². The fourth-order valence-corrected chi connectivity index (χ4v) is 3.64. The van der Waals surface area contributed by atoms with Crippen LogP contribution in [-0.2, 0) is 0 Å². The number of benzene rings is 1.